The molecule has 17 heavy (non-hydrogen) atoms. The molecule has 0 saturated heterocycles. The Bertz CT molecular complexity index is 439. The van der Waals surface area contributed by atoms with Crippen molar-refractivity contribution in [3.63, 3.8) is 0 Å². The lowest BCUT2D eigenvalue weighted by atomic mass is 10.4. The molecule has 1 amide bonds. The van der Waals surface area contributed by atoms with Gasteiger partial charge in [-0.25, -0.2) is 4.98 Å². The minimum atomic E-state index is -0.215. The molecule has 0 radical (unpaired) electrons. The number of aryl methyl sites for hydroxylation is 1. The maximum absolute atomic E-state index is 11.7. The lowest BCUT2D eigenvalue weighted by Crippen LogP contribution is -2.36. The van der Waals surface area contributed by atoms with E-state index in [1.54, 1.807) is 6.20 Å². The Labute approximate surface area is 100 Å². The number of rotatable bonds is 5. The molecule has 1 aromatic heterocycles. The Morgan fingerprint density at radius 3 is 2.82 bits per heavy atom. The number of nitrogens with one attached hydrogen (secondary N) is 2. The summed E-state index contributed by atoms with van der Waals surface area (Å²) in [7, 11) is 0. The van der Waals surface area contributed by atoms with Crippen LogP contribution in [0.15, 0.2) is 17.2 Å². The summed E-state index contributed by atoms with van der Waals surface area (Å²) in [6, 6.07) is 0.0836. The number of aromatic nitrogens is 2. The van der Waals surface area contributed by atoms with E-state index in [-0.39, 0.29) is 29.9 Å². The van der Waals surface area contributed by atoms with Crippen molar-refractivity contribution in [2.75, 3.05) is 11.9 Å². The van der Waals surface area contributed by atoms with Crippen LogP contribution in [0.25, 0.3) is 0 Å². The molecule has 0 aliphatic carbocycles. The summed E-state index contributed by atoms with van der Waals surface area (Å²) in [5.74, 6) is 0.0429. The number of carbonyl (C=O) groups is 1. The van der Waals surface area contributed by atoms with Crippen molar-refractivity contribution in [1.29, 1.82) is 0 Å². The monoisotopic (exact) mass is 238 g/mol. The van der Waals surface area contributed by atoms with Crippen LogP contribution in [-0.4, -0.2) is 28.0 Å². The third kappa shape index (κ3) is 3.90. The molecule has 0 unspecified atom stereocenters. The number of carbonyl (C=O) groups excluding carboxylic acids is 1. The number of amides is 1. The van der Waals surface area contributed by atoms with Crippen LogP contribution in [-0.2, 0) is 11.3 Å². The van der Waals surface area contributed by atoms with Crippen molar-refractivity contribution < 1.29 is 4.79 Å². The Morgan fingerprint density at radius 1 is 1.53 bits per heavy atom. The summed E-state index contributed by atoms with van der Waals surface area (Å²) < 4.78 is 1.52. The zero-order chi connectivity index (χ0) is 12.8. The Kier molecular flexibility index (Phi) is 4.68. The Morgan fingerprint density at radius 2 is 2.24 bits per heavy atom. The molecule has 1 aromatic rings. The average Bonchev–Trinajstić information content (AvgIpc) is 2.27. The molecule has 0 bridgehead atoms. The number of hydrogen-bond donors (Lipinski definition) is 2. The molecular weight excluding hydrogens is 220 g/mol. The van der Waals surface area contributed by atoms with E-state index in [1.165, 1.54) is 10.8 Å². The van der Waals surface area contributed by atoms with Crippen molar-refractivity contribution in [3.05, 3.63) is 22.7 Å². The maximum atomic E-state index is 11.7. The first-order valence-electron chi connectivity index (χ1n) is 5.63. The second-order valence-corrected chi connectivity index (χ2v) is 3.94. The first-order valence-corrected chi connectivity index (χ1v) is 5.63. The van der Waals surface area contributed by atoms with E-state index < -0.39 is 0 Å². The summed E-state index contributed by atoms with van der Waals surface area (Å²) in [6.45, 7) is 6.25. The highest BCUT2D eigenvalue weighted by molar-refractivity contribution is 5.80. The van der Waals surface area contributed by atoms with Crippen molar-refractivity contribution >= 4 is 11.7 Å². The molecule has 0 aliphatic rings. The fraction of sp³-hybridized carbons (Fsp3) is 0.545. The topological polar surface area (TPSA) is 76.0 Å². The third-order valence-corrected chi connectivity index (χ3v) is 2.12. The minimum absolute atomic E-state index is 0.0497. The third-order valence-electron chi connectivity index (χ3n) is 2.12. The van der Waals surface area contributed by atoms with Gasteiger partial charge >= 0.3 is 0 Å². The summed E-state index contributed by atoms with van der Waals surface area (Å²) in [6.07, 6.45) is 3.15. The molecule has 0 atom stereocenters. The van der Waals surface area contributed by atoms with Gasteiger partial charge in [0.05, 0.1) is 6.54 Å². The predicted molar refractivity (Wildman–Crippen MR) is 65.9 cm³/mol. The van der Waals surface area contributed by atoms with Crippen LogP contribution in [0.2, 0.25) is 0 Å². The smallest absolute Gasteiger partial charge is 0.293 e. The molecule has 94 valence electrons. The van der Waals surface area contributed by atoms with Gasteiger partial charge in [0.2, 0.25) is 5.91 Å². The quantitative estimate of drug-likeness (QED) is 0.768. The van der Waals surface area contributed by atoms with Gasteiger partial charge < -0.3 is 15.2 Å². The normalized spacial score (nSPS) is 10.4. The number of nitrogens with zero attached hydrogens (tertiary/aromatic N) is 2. The van der Waals surface area contributed by atoms with Crippen molar-refractivity contribution in [1.82, 2.24) is 14.9 Å². The van der Waals surface area contributed by atoms with Crippen LogP contribution in [0.5, 0.6) is 0 Å². The summed E-state index contributed by atoms with van der Waals surface area (Å²) >= 11 is 0. The molecule has 6 nitrogen and oxygen atoms in total. The predicted octanol–water partition coefficient (Wildman–Crippen LogP) is 0.200. The lowest BCUT2D eigenvalue weighted by molar-refractivity contribution is -0.119. The first kappa shape index (κ1) is 13.2. The summed E-state index contributed by atoms with van der Waals surface area (Å²) in [5.41, 5.74) is -0.215. The fourth-order valence-corrected chi connectivity index (χ4v) is 1.35. The fourth-order valence-electron chi connectivity index (χ4n) is 1.35. The molecule has 0 saturated carbocycles. The molecule has 2 N–H and O–H groups in total. The van der Waals surface area contributed by atoms with Gasteiger partial charge in [-0.3, -0.25) is 9.59 Å². The lowest BCUT2D eigenvalue weighted by Gasteiger charge is -2.10. The minimum Gasteiger partial charge on any atom is -0.356 e. The SMILES string of the molecule is CCn1ccnc(NCC(=O)NC(C)C)c1=O. The molecular formula is C11H18N4O2. The van der Waals surface area contributed by atoms with Crippen LogP contribution in [0.1, 0.15) is 20.8 Å². The molecule has 1 rings (SSSR count). The number of anilines is 1. The van der Waals surface area contributed by atoms with Crippen LogP contribution in [0.4, 0.5) is 5.82 Å². The standard InChI is InChI=1S/C11H18N4O2/c1-4-15-6-5-12-10(11(15)17)13-7-9(16)14-8(2)3/h5-6,8H,4,7H2,1-3H3,(H,12,13)(H,14,16). The van der Waals surface area contributed by atoms with Gasteiger partial charge in [0, 0.05) is 25.0 Å². The number of hydrogen-bond acceptors (Lipinski definition) is 4. The van der Waals surface area contributed by atoms with Crippen LogP contribution >= 0.6 is 0 Å². The van der Waals surface area contributed by atoms with Gasteiger partial charge in [0.1, 0.15) is 0 Å². The highest BCUT2D eigenvalue weighted by Gasteiger charge is 2.06. The molecule has 6 heteroatoms. The first-order chi connectivity index (χ1) is 8.04. The van der Waals surface area contributed by atoms with E-state index >= 15 is 0 Å². The van der Waals surface area contributed by atoms with Gasteiger partial charge in [0.15, 0.2) is 5.82 Å². The molecule has 0 spiro atoms. The highest BCUT2D eigenvalue weighted by atomic mass is 16.2. The Balaban J connectivity index is 2.64. The highest BCUT2D eigenvalue weighted by Crippen LogP contribution is 1.92. The molecule has 0 aliphatic heterocycles. The van der Waals surface area contributed by atoms with Gasteiger partial charge in [-0.1, -0.05) is 0 Å². The van der Waals surface area contributed by atoms with E-state index in [0.717, 1.165) is 0 Å². The van der Waals surface area contributed by atoms with Crippen molar-refractivity contribution in [3.8, 4) is 0 Å². The molecule has 0 aromatic carbocycles. The van der Waals surface area contributed by atoms with Gasteiger partial charge in [-0.15, -0.1) is 0 Å². The zero-order valence-electron chi connectivity index (χ0n) is 10.4. The molecule has 1 heterocycles. The van der Waals surface area contributed by atoms with E-state index in [0.29, 0.717) is 6.54 Å². The van der Waals surface area contributed by atoms with Crippen molar-refractivity contribution in [2.45, 2.75) is 33.4 Å². The molecule has 0 fully saturated rings. The average molecular weight is 238 g/mol. The van der Waals surface area contributed by atoms with Crippen LogP contribution in [0.3, 0.4) is 0 Å². The van der Waals surface area contributed by atoms with E-state index in [4.69, 9.17) is 0 Å². The Hall–Kier alpha value is -1.85. The van der Waals surface area contributed by atoms with E-state index in [1.807, 2.05) is 20.8 Å². The largest absolute Gasteiger partial charge is 0.356 e. The second-order valence-electron chi connectivity index (χ2n) is 3.94. The van der Waals surface area contributed by atoms with Gasteiger partial charge in [-0.05, 0) is 20.8 Å². The second kappa shape index (κ2) is 6.03. The van der Waals surface area contributed by atoms with Gasteiger partial charge in [-0.2, -0.15) is 0 Å². The maximum Gasteiger partial charge on any atom is 0.293 e. The summed E-state index contributed by atoms with van der Waals surface area (Å²) in [4.78, 5) is 27.0. The van der Waals surface area contributed by atoms with Crippen LogP contribution in [0, 0.1) is 0 Å². The van der Waals surface area contributed by atoms with E-state index in [2.05, 4.69) is 15.6 Å². The van der Waals surface area contributed by atoms with E-state index in [9.17, 15) is 9.59 Å². The zero-order valence-corrected chi connectivity index (χ0v) is 10.4. The van der Waals surface area contributed by atoms with Crippen LogP contribution < -0.4 is 16.2 Å². The van der Waals surface area contributed by atoms with Crippen molar-refractivity contribution in [2.24, 2.45) is 0 Å². The van der Waals surface area contributed by atoms with Gasteiger partial charge in [0.25, 0.3) is 5.56 Å². The summed E-state index contributed by atoms with van der Waals surface area (Å²) in [5, 5.41) is 5.46.